The van der Waals surface area contributed by atoms with Crippen LogP contribution in [0.2, 0.25) is 0 Å². The molecule has 14 heavy (non-hydrogen) atoms. The molecule has 2 nitrogen and oxygen atoms in total. The molecule has 70 valence electrons. The Kier molecular flexibility index (Phi) is 1.97. The van der Waals surface area contributed by atoms with Gasteiger partial charge in [0.2, 0.25) is 0 Å². The minimum absolute atomic E-state index is 0.762. The van der Waals surface area contributed by atoms with Gasteiger partial charge in [-0.15, -0.1) is 0 Å². The molecule has 0 fully saturated rings. The monoisotopic (exact) mass is 184 g/mol. The van der Waals surface area contributed by atoms with E-state index < -0.39 is 0 Å². The van der Waals surface area contributed by atoms with Gasteiger partial charge >= 0.3 is 0 Å². The number of benzene rings is 1. The number of allylic oxidation sites excluding steroid dienone is 1. The van der Waals surface area contributed by atoms with Crippen LogP contribution in [0.15, 0.2) is 37.0 Å². The summed E-state index contributed by atoms with van der Waals surface area (Å²) in [4.78, 5) is 4.23. The molecule has 0 aliphatic heterocycles. The summed E-state index contributed by atoms with van der Waals surface area (Å²) >= 11 is 0. The van der Waals surface area contributed by atoms with E-state index in [9.17, 15) is 0 Å². The Balaban J connectivity index is 2.76. The van der Waals surface area contributed by atoms with Gasteiger partial charge in [-0.2, -0.15) is 0 Å². The molecule has 0 atom stereocenters. The van der Waals surface area contributed by atoms with Crippen molar-refractivity contribution in [1.82, 2.24) is 4.98 Å². The molecule has 1 heterocycles. The Morgan fingerprint density at radius 3 is 2.86 bits per heavy atom. The van der Waals surface area contributed by atoms with E-state index in [0.29, 0.717) is 0 Å². The molecule has 2 heteroatoms. The zero-order chi connectivity index (χ0) is 10.1. The number of hydrogen-bond acceptors (Lipinski definition) is 2. The highest BCUT2D eigenvalue weighted by molar-refractivity contribution is 5.92. The zero-order valence-electron chi connectivity index (χ0n) is 8.12. The van der Waals surface area contributed by atoms with Crippen LogP contribution in [0.3, 0.4) is 0 Å². The number of pyridine rings is 1. The maximum Gasteiger partial charge on any atom is 0.0723 e. The van der Waals surface area contributed by atoms with E-state index in [4.69, 9.17) is 5.73 Å². The molecule has 2 aromatic rings. The number of rotatable bonds is 1. The summed E-state index contributed by atoms with van der Waals surface area (Å²) in [5.74, 6) is 0. The quantitative estimate of drug-likeness (QED) is 0.740. The molecular weight excluding hydrogens is 172 g/mol. The summed E-state index contributed by atoms with van der Waals surface area (Å²) < 4.78 is 0. The molecule has 0 aliphatic carbocycles. The summed E-state index contributed by atoms with van der Waals surface area (Å²) in [6.45, 7) is 5.88. The summed E-state index contributed by atoms with van der Waals surface area (Å²) in [6, 6.07) is 7.82. The van der Waals surface area contributed by atoms with Gasteiger partial charge in [0.25, 0.3) is 0 Å². The number of aromatic nitrogens is 1. The van der Waals surface area contributed by atoms with E-state index in [2.05, 4.69) is 11.6 Å². The third-order valence-corrected chi connectivity index (χ3v) is 2.27. The minimum atomic E-state index is 0.762. The van der Waals surface area contributed by atoms with Gasteiger partial charge in [0.15, 0.2) is 0 Å². The first kappa shape index (κ1) is 8.75. The standard InChI is InChI=1S/C12H12N2/c1-8(2)9-3-4-12-10(7-9)11(13)5-6-14-12/h3-7H,1H2,2H3,(H2,13,14). The minimum Gasteiger partial charge on any atom is -0.398 e. The molecule has 2 N–H and O–H groups in total. The van der Waals surface area contributed by atoms with Crippen LogP contribution in [-0.2, 0) is 0 Å². The maximum atomic E-state index is 5.86. The number of hydrogen-bond donors (Lipinski definition) is 1. The van der Waals surface area contributed by atoms with E-state index in [1.54, 1.807) is 6.20 Å². The molecule has 0 amide bonds. The largest absolute Gasteiger partial charge is 0.398 e. The lowest BCUT2D eigenvalue weighted by Gasteiger charge is -2.04. The van der Waals surface area contributed by atoms with Crippen LogP contribution in [-0.4, -0.2) is 4.98 Å². The van der Waals surface area contributed by atoms with Crippen molar-refractivity contribution in [2.24, 2.45) is 0 Å². The maximum absolute atomic E-state index is 5.86. The summed E-state index contributed by atoms with van der Waals surface area (Å²) in [5, 5.41) is 0.994. The predicted octanol–water partition coefficient (Wildman–Crippen LogP) is 2.85. The second-order valence-electron chi connectivity index (χ2n) is 3.41. The fourth-order valence-electron chi connectivity index (χ4n) is 1.43. The SMILES string of the molecule is C=C(C)c1ccc2nccc(N)c2c1. The second-order valence-corrected chi connectivity index (χ2v) is 3.41. The highest BCUT2D eigenvalue weighted by atomic mass is 14.7. The number of nitrogens with zero attached hydrogens (tertiary/aromatic N) is 1. The Morgan fingerprint density at radius 2 is 2.14 bits per heavy atom. The van der Waals surface area contributed by atoms with Crippen LogP contribution in [0.25, 0.3) is 16.5 Å². The molecule has 0 unspecified atom stereocenters. The van der Waals surface area contributed by atoms with E-state index in [-0.39, 0.29) is 0 Å². The summed E-state index contributed by atoms with van der Waals surface area (Å²) in [6.07, 6.45) is 1.72. The molecule has 1 aromatic heterocycles. The van der Waals surface area contributed by atoms with Crippen molar-refractivity contribution in [2.45, 2.75) is 6.92 Å². The molecular formula is C12H12N2. The average Bonchev–Trinajstić information content (AvgIpc) is 2.18. The summed E-state index contributed by atoms with van der Waals surface area (Å²) in [5.41, 5.74) is 9.69. The first-order valence-electron chi connectivity index (χ1n) is 4.48. The highest BCUT2D eigenvalue weighted by Crippen LogP contribution is 2.22. The molecule has 0 saturated heterocycles. The molecule has 2 rings (SSSR count). The fraction of sp³-hybridized carbons (Fsp3) is 0.0833. The average molecular weight is 184 g/mol. The van der Waals surface area contributed by atoms with Gasteiger partial charge in [-0.25, -0.2) is 0 Å². The van der Waals surface area contributed by atoms with Gasteiger partial charge in [-0.1, -0.05) is 18.2 Å². The highest BCUT2D eigenvalue weighted by Gasteiger charge is 2.00. The van der Waals surface area contributed by atoms with Crippen molar-refractivity contribution in [2.75, 3.05) is 5.73 Å². The Morgan fingerprint density at radius 1 is 1.36 bits per heavy atom. The molecule has 0 spiro atoms. The van der Waals surface area contributed by atoms with E-state index >= 15 is 0 Å². The Labute approximate surface area is 83.1 Å². The van der Waals surface area contributed by atoms with E-state index in [0.717, 1.165) is 27.7 Å². The van der Waals surface area contributed by atoms with E-state index in [1.165, 1.54) is 0 Å². The molecule has 0 aliphatic rings. The normalized spacial score (nSPS) is 10.4. The Hall–Kier alpha value is -1.83. The third-order valence-electron chi connectivity index (χ3n) is 2.27. The lowest BCUT2D eigenvalue weighted by atomic mass is 10.1. The lowest BCUT2D eigenvalue weighted by Crippen LogP contribution is -1.89. The van der Waals surface area contributed by atoms with Crippen LogP contribution in [0.4, 0.5) is 5.69 Å². The summed E-state index contributed by atoms with van der Waals surface area (Å²) in [7, 11) is 0. The number of anilines is 1. The molecule has 0 bridgehead atoms. The van der Waals surface area contributed by atoms with Crippen LogP contribution in [0, 0.1) is 0 Å². The van der Waals surface area contributed by atoms with Crippen molar-refractivity contribution in [3.63, 3.8) is 0 Å². The van der Waals surface area contributed by atoms with Gasteiger partial charge in [-0.3, -0.25) is 4.98 Å². The Bertz CT molecular complexity index is 501. The van der Waals surface area contributed by atoms with Gasteiger partial charge in [0, 0.05) is 17.3 Å². The first-order valence-corrected chi connectivity index (χ1v) is 4.48. The van der Waals surface area contributed by atoms with Crippen LogP contribution < -0.4 is 5.73 Å². The zero-order valence-corrected chi connectivity index (χ0v) is 8.12. The van der Waals surface area contributed by atoms with E-state index in [1.807, 2.05) is 31.2 Å². The third kappa shape index (κ3) is 1.35. The predicted molar refractivity (Wildman–Crippen MR) is 60.9 cm³/mol. The second kappa shape index (κ2) is 3.14. The first-order chi connectivity index (χ1) is 6.68. The van der Waals surface area contributed by atoms with Crippen LogP contribution in [0.1, 0.15) is 12.5 Å². The van der Waals surface area contributed by atoms with Crippen molar-refractivity contribution < 1.29 is 0 Å². The smallest absolute Gasteiger partial charge is 0.0723 e. The molecule has 0 radical (unpaired) electrons. The number of nitrogens with two attached hydrogens (primary N) is 1. The number of nitrogen functional groups attached to an aromatic ring is 1. The van der Waals surface area contributed by atoms with Gasteiger partial charge in [0.1, 0.15) is 0 Å². The van der Waals surface area contributed by atoms with Crippen molar-refractivity contribution >= 4 is 22.2 Å². The van der Waals surface area contributed by atoms with Gasteiger partial charge < -0.3 is 5.73 Å². The van der Waals surface area contributed by atoms with Crippen LogP contribution in [0.5, 0.6) is 0 Å². The van der Waals surface area contributed by atoms with Crippen molar-refractivity contribution in [3.8, 4) is 0 Å². The molecule has 1 aromatic carbocycles. The topological polar surface area (TPSA) is 38.9 Å². The molecule has 0 saturated carbocycles. The van der Waals surface area contributed by atoms with Crippen molar-refractivity contribution in [1.29, 1.82) is 0 Å². The van der Waals surface area contributed by atoms with Crippen LogP contribution >= 0.6 is 0 Å². The van der Waals surface area contributed by atoms with Gasteiger partial charge in [-0.05, 0) is 30.7 Å². The fourth-order valence-corrected chi connectivity index (χ4v) is 1.43. The lowest BCUT2D eigenvalue weighted by molar-refractivity contribution is 1.41. The van der Waals surface area contributed by atoms with Crippen molar-refractivity contribution in [3.05, 3.63) is 42.6 Å². The number of fused-ring (bicyclic) bond motifs is 1. The van der Waals surface area contributed by atoms with Gasteiger partial charge in [0.05, 0.1) is 5.52 Å².